The Morgan fingerprint density at radius 1 is 0.912 bits per heavy atom. The molecule has 6 rings (SSSR count). The first-order valence-corrected chi connectivity index (χ1v) is 11.0. The molecule has 0 atom stereocenters. The Morgan fingerprint density at radius 2 is 1.59 bits per heavy atom. The van der Waals surface area contributed by atoms with Crippen molar-refractivity contribution < 1.29 is 17.6 Å². The highest BCUT2D eigenvalue weighted by Crippen LogP contribution is 2.39. The summed E-state index contributed by atoms with van der Waals surface area (Å²) in [5.74, 6) is 0.723. The fraction of sp³-hybridized carbons (Fsp3) is 0.240. The highest BCUT2D eigenvalue weighted by molar-refractivity contribution is 5.67. The minimum absolute atomic E-state index is 0.200. The van der Waals surface area contributed by atoms with Crippen LogP contribution in [0.1, 0.15) is 41.1 Å². The summed E-state index contributed by atoms with van der Waals surface area (Å²) >= 11 is 0. The van der Waals surface area contributed by atoms with Gasteiger partial charge in [-0.25, -0.2) is 9.36 Å². The number of fused-ring (bicyclic) bond motifs is 1. The van der Waals surface area contributed by atoms with Crippen molar-refractivity contribution in [3.05, 3.63) is 93.7 Å². The summed E-state index contributed by atoms with van der Waals surface area (Å²) in [6, 6.07) is 14.7. The monoisotopic (exact) mass is 464 g/mol. The van der Waals surface area contributed by atoms with E-state index in [0.29, 0.717) is 30.6 Å². The van der Waals surface area contributed by atoms with Gasteiger partial charge in [0.2, 0.25) is 0 Å². The Balaban J connectivity index is 1.44. The summed E-state index contributed by atoms with van der Waals surface area (Å²) in [5.41, 5.74) is 2.16. The molecule has 0 saturated heterocycles. The van der Waals surface area contributed by atoms with E-state index in [1.54, 1.807) is 12.3 Å². The molecule has 2 aliphatic rings. The standard InChI is InChI=1S/C25H19F3N4O2/c26-25(27,28)19-9-7-16(8-10-19)21-22(32-12-11-20(15-5-6-15)29-23(32)33)30-24(34-21)31-13-17-3-1-2-4-18(17)14-31/h1-4,7-12,15H,5-6,13-14H2. The van der Waals surface area contributed by atoms with E-state index in [4.69, 9.17) is 4.42 Å². The van der Waals surface area contributed by atoms with Gasteiger partial charge in [0.15, 0.2) is 11.6 Å². The molecule has 2 aromatic carbocycles. The molecule has 0 spiro atoms. The molecule has 3 heterocycles. The topological polar surface area (TPSA) is 64.2 Å². The Kier molecular flexibility index (Phi) is 4.62. The smallest absolute Gasteiger partial charge is 0.416 e. The second-order valence-electron chi connectivity index (χ2n) is 8.63. The second kappa shape index (κ2) is 7.58. The van der Waals surface area contributed by atoms with Gasteiger partial charge in [-0.15, -0.1) is 0 Å². The Labute approximate surface area is 192 Å². The lowest BCUT2D eigenvalue weighted by Gasteiger charge is -2.11. The molecule has 4 aromatic rings. The molecule has 0 amide bonds. The van der Waals surface area contributed by atoms with E-state index < -0.39 is 17.4 Å². The minimum atomic E-state index is -4.45. The summed E-state index contributed by atoms with van der Waals surface area (Å²) in [4.78, 5) is 23.6. The zero-order chi connectivity index (χ0) is 23.4. The Morgan fingerprint density at radius 3 is 2.18 bits per heavy atom. The van der Waals surface area contributed by atoms with Crippen LogP contribution < -0.4 is 10.6 Å². The number of oxazole rings is 1. The van der Waals surface area contributed by atoms with Crippen molar-refractivity contribution >= 4 is 6.01 Å². The third-order valence-corrected chi connectivity index (χ3v) is 6.23. The van der Waals surface area contributed by atoms with Crippen LogP contribution in [0.4, 0.5) is 19.2 Å². The van der Waals surface area contributed by atoms with E-state index in [9.17, 15) is 18.0 Å². The average molecular weight is 464 g/mol. The number of nitrogens with zero attached hydrogens (tertiary/aromatic N) is 4. The van der Waals surface area contributed by atoms with E-state index in [1.165, 1.54) is 16.7 Å². The fourth-order valence-corrected chi connectivity index (χ4v) is 4.25. The van der Waals surface area contributed by atoms with Crippen LogP contribution in [-0.2, 0) is 19.3 Å². The summed E-state index contributed by atoms with van der Waals surface area (Å²) in [6.45, 7) is 1.16. The molecule has 0 radical (unpaired) electrons. The third-order valence-electron chi connectivity index (χ3n) is 6.23. The highest BCUT2D eigenvalue weighted by atomic mass is 19.4. The number of hydrogen-bond acceptors (Lipinski definition) is 5. The molecular formula is C25H19F3N4O2. The van der Waals surface area contributed by atoms with Crippen molar-refractivity contribution in [1.82, 2.24) is 14.5 Å². The van der Waals surface area contributed by atoms with Crippen LogP contribution in [-0.4, -0.2) is 14.5 Å². The molecule has 9 heteroatoms. The third kappa shape index (κ3) is 3.67. The SMILES string of the molecule is O=c1nc(C2CC2)ccn1-c1nc(N2Cc3ccccc3C2)oc1-c1ccc(C(F)(F)F)cc1. The van der Waals surface area contributed by atoms with E-state index >= 15 is 0 Å². The lowest BCUT2D eigenvalue weighted by atomic mass is 10.1. The first-order valence-electron chi connectivity index (χ1n) is 11.0. The van der Waals surface area contributed by atoms with Crippen LogP contribution >= 0.6 is 0 Å². The number of rotatable bonds is 4. The lowest BCUT2D eigenvalue weighted by molar-refractivity contribution is -0.137. The van der Waals surface area contributed by atoms with Crippen molar-refractivity contribution in [2.24, 2.45) is 0 Å². The number of benzene rings is 2. The van der Waals surface area contributed by atoms with Gasteiger partial charge in [-0.3, -0.25) is 0 Å². The normalized spacial score (nSPS) is 15.6. The van der Waals surface area contributed by atoms with Crippen LogP contribution in [0, 0.1) is 0 Å². The Hall–Kier alpha value is -3.88. The molecule has 1 aliphatic carbocycles. The summed E-state index contributed by atoms with van der Waals surface area (Å²) < 4.78 is 46.6. The molecule has 172 valence electrons. The van der Waals surface area contributed by atoms with Crippen LogP contribution in [0.5, 0.6) is 0 Å². The number of hydrogen-bond donors (Lipinski definition) is 0. The zero-order valence-electron chi connectivity index (χ0n) is 17.9. The quantitative estimate of drug-likeness (QED) is 0.410. The molecular weight excluding hydrogens is 445 g/mol. The van der Waals surface area contributed by atoms with E-state index in [2.05, 4.69) is 9.97 Å². The minimum Gasteiger partial charge on any atom is -0.421 e. The van der Waals surface area contributed by atoms with Crippen LogP contribution in [0.15, 0.2) is 70.0 Å². The van der Waals surface area contributed by atoms with Gasteiger partial charge >= 0.3 is 17.9 Å². The van der Waals surface area contributed by atoms with Crippen molar-refractivity contribution in [1.29, 1.82) is 0 Å². The maximum Gasteiger partial charge on any atom is 0.416 e. The summed E-state index contributed by atoms with van der Waals surface area (Å²) in [6.07, 6.45) is -0.820. The van der Waals surface area contributed by atoms with Gasteiger partial charge in [-0.05, 0) is 42.2 Å². The highest BCUT2D eigenvalue weighted by Gasteiger charge is 2.31. The van der Waals surface area contributed by atoms with E-state index in [0.717, 1.165) is 41.8 Å². The maximum absolute atomic E-state index is 13.1. The predicted molar refractivity (Wildman–Crippen MR) is 119 cm³/mol. The maximum atomic E-state index is 13.1. The molecule has 0 unspecified atom stereocenters. The molecule has 0 N–H and O–H groups in total. The Bertz CT molecular complexity index is 1410. The van der Waals surface area contributed by atoms with Gasteiger partial charge in [-0.2, -0.15) is 23.1 Å². The number of halogens is 3. The van der Waals surface area contributed by atoms with Crippen LogP contribution in [0.25, 0.3) is 17.1 Å². The molecule has 0 bridgehead atoms. The average Bonchev–Trinajstić information content (AvgIpc) is 3.43. The van der Waals surface area contributed by atoms with Gasteiger partial charge in [-0.1, -0.05) is 36.4 Å². The van der Waals surface area contributed by atoms with Crippen molar-refractivity contribution in [3.63, 3.8) is 0 Å². The molecule has 1 aliphatic heterocycles. The van der Waals surface area contributed by atoms with Crippen molar-refractivity contribution in [2.45, 2.75) is 38.0 Å². The van der Waals surface area contributed by atoms with Crippen LogP contribution in [0.2, 0.25) is 0 Å². The predicted octanol–water partition coefficient (Wildman–Crippen LogP) is 5.30. The molecule has 1 fully saturated rings. The number of alkyl halides is 3. The lowest BCUT2D eigenvalue weighted by Crippen LogP contribution is -2.23. The summed E-state index contributed by atoms with van der Waals surface area (Å²) in [7, 11) is 0. The van der Waals surface area contributed by atoms with E-state index in [1.807, 2.05) is 29.2 Å². The second-order valence-corrected chi connectivity index (χ2v) is 8.63. The number of aromatic nitrogens is 3. The van der Waals surface area contributed by atoms with Crippen molar-refractivity contribution in [2.75, 3.05) is 4.90 Å². The van der Waals surface area contributed by atoms with Crippen LogP contribution in [0.3, 0.4) is 0 Å². The first-order chi connectivity index (χ1) is 16.4. The molecule has 34 heavy (non-hydrogen) atoms. The van der Waals surface area contributed by atoms with Gasteiger partial charge < -0.3 is 9.32 Å². The molecule has 2 aromatic heterocycles. The van der Waals surface area contributed by atoms with Crippen molar-refractivity contribution in [3.8, 4) is 17.1 Å². The number of anilines is 1. The molecule has 1 saturated carbocycles. The summed E-state index contributed by atoms with van der Waals surface area (Å²) in [5, 5.41) is 0. The van der Waals surface area contributed by atoms with Gasteiger partial charge in [0, 0.05) is 30.8 Å². The zero-order valence-corrected chi connectivity index (χ0v) is 17.9. The largest absolute Gasteiger partial charge is 0.421 e. The van der Waals surface area contributed by atoms with Gasteiger partial charge in [0.1, 0.15) is 0 Å². The van der Waals surface area contributed by atoms with Gasteiger partial charge in [0.05, 0.1) is 11.3 Å². The first kappa shape index (κ1) is 20.7. The van der Waals surface area contributed by atoms with E-state index in [-0.39, 0.29) is 11.6 Å². The molecule has 6 nitrogen and oxygen atoms in total. The van der Waals surface area contributed by atoms with Gasteiger partial charge in [0.25, 0.3) is 0 Å². The fourth-order valence-electron chi connectivity index (χ4n) is 4.25.